The number of aryl methyl sites for hydroxylation is 1. The zero-order valence-corrected chi connectivity index (χ0v) is 14.8. The van der Waals surface area contributed by atoms with Crippen LogP contribution in [-0.4, -0.2) is 33.4 Å². The van der Waals surface area contributed by atoms with Crippen molar-refractivity contribution in [1.29, 1.82) is 0 Å². The average Bonchev–Trinajstić information content (AvgIpc) is 2.54. The second kappa shape index (κ2) is 6.83. The van der Waals surface area contributed by atoms with Gasteiger partial charge in [-0.1, -0.05) is 22.9 Å². The number of carbonyl (C=O) groups excluding carboxylic acids is 1. The van der Waals surface area contributed by atoms with E-state index in [1.54, 1.807) is 6.07 Å². The Morgan fingerprint density at radius 2 is 2.26 bits per heavy atom. The number of hydrogen-bond donors (Lipinski definition) is 0. The van der Waals surface area contributed by atoms with E-state index < -0.39 is 0 Å². The maximum atomic E-state index is 12.5. The Kier molecular flexibility index (Phi) is 4.80. The van der Waals surface area contributed by atoms with Crippen LogP contribution >= 0.6 is 15.9 Å². The molecule has 0 radical (unpaired) electrons. The second-order valence-corrected chi connectivity index (χ2v) is 7.16. The molecule has 0 aliphatic carbocycles. The summed E-state index contributed by atoms with van der Waals surface area (Å²) in [5.41, 5.74) is 0.571. The van der Waals surface area contributed by atoms with E-state index >= 15 is 0 Å². The molecular weight excluding hydrogens is 358 g/mol. The molecule has 6 heteroatoms. The van der Waals surface area contributed by atoms with E-state index in [9.17, 15) is 9.59 Å². The van der Waals surface area contributed by atoms with Gasteiger partial charge in [-0.2, -0.15) is 0 Å². The van der Waals surface area contributed by atoms with E-state index in [2.05, 4.69) is 27.8 Å². The van der Waals surface area contributed by atoms with E-state index in [1.165, 1.54) is 17.3 Å². The SMILES string of the molecule is C[C@@H]1CCCN(C(=O)CCn2cnc3ccc(Br)cc3c2=O)C1. The van der Waals surface area contributed by atoms with Crippen LogP contribution in [-0.2, 0) is 11.3 Å². The van der Waals surface area contributed by atoms with Gasteiger partial charge in [-0.05, 0) is 37.0 Å². The third-order valence-electron chi connectivity index (χ3n) is 4.36. The molecule has 1 atom stereocenters. The average molecular weight is 378 g/mol. The highest BCUT2D eigenvalue weighted by Gasteiger charge is 2.20. The number of halogens is 1. The molecule has 1 saturated heterocycles. The summed E-state index contributed by atoms with van der Waals surface area (Å²) < 4.78 is 2.38. The number of nitrogens with zero attached hydrogens (tertiary/aromatic N) is 3. The third kappa shape index (κ3) is 3.63. The summed E-state index contributed by atoms with van der Waals surface area (Å²) in [6.07, 6.45) is 4.13. The van der Waals surface area contributed by atoms with Crippen molar-refractivity contribution >= 4 is 32.7 Å². The lowest BCUT2D eigenvalue weighted by Gasteiger charge is -2.31. The van der Waals surface area contributed by atoms with E-state index in [0.717, 1.165) is 24.0 Å². The van der Waals surface area contributed by atoms with Gasteiger partial charge in [0.15, 0.2) is 0 Å². The number of rotatable bonds is 3. The molecule has 3 rings (SSSR count). The van der Waals surface area contributed by atoms with Gasteiger partial charge in [0, 0.05) is 30.5 Å². The standard InChI is InChI=1S/C17H20BrN3O2/c1-12-3-2-7-20(10-12)16(22)6-8-21-11-19-15-5-4-13(18)9-14(15)17(21)23/h4-5,9,11-12H,2-3,6-8,10H2,1H3/t12-/m1/s1. The lowest BCUT2D eigenvalue weighted by atomic mass is 10.00. The highest BCUT2D eigenvalue weighted by Crippen LogP contribution is 2.17. The van der Waals surface area contributed by atoms with Gasteiger partial charge in [0.1, 0.15) is 0 Å². The summed E-state index contributed by atoms with van der Waals surface area (Å²) in [6.45, 7) is 4.21. The zero-order valence-electron chi connectivity index (χ0n) is 13.2. The Morgan fingerprint density at radius 1 is 1.43 bits per heavy atom. The summed E-state index contributed by atoms with van der Waals surface area (Å²) in [5, 5.41) is 0.570. The first kappa shape index (κ1) is 16.2. The maximum absolute atomic E-state index is 12.5. The minimum Gasteiger partial charge on any atom is -0.342 e. The number of amides is 1. The van der Waals surface area contributed by atoms with E-state index in [0.29, 0.717) is 29.8 Å². The quantitative estimate of drug-likeness (QED) is 0.826. The molecule has 122 valence electrons. The fourth-order valence-corrected chi connectivity index (χ4v) is 3.44. The molecule has 1 aromatic carbocycles. The zero-order chi connectivity index (χ0) is 16.4. The van der Waals surface area contributed by atoms with Crippen LogP contribution < -0.4 is 5.56 Å². The van der Waals surface area contributed by atoms with Crippen molar-refractivity contribution in [3.8, 4) is 0 Å². The first-order valence-corrected chi connectivity index (χ1v) is 8.76. The molecule has 1 fully saturated rings. The molecule has 1 aliphatic rings. The highest BCUT2D eigenvalue weighted by molar-refractivity contribution is 9.10. The van der Waals surface area contributed by atoms with Gasteiger partial charge in [-0.25, -0.2) is 4.98 Å². The fourth-order valence-electron chi connectivity index (χ4n) is 3.08. The van der Waals surface area contributed by atoms with E-state index in [-0.39, 0.29) is 11.5 Å². The van der Waals surface area contributed by atoms with Crippen molar-refractivity contribution in [2.24, 2.45) is 5.92 Å². The molecule has 0 saturated carbocycles. The Labute approximate surface area is 143 Å². The van der Waals surface area contributed by atoms with Crippen molar-refractivity contribution in [2.45, 2.75) is 32.7 Å². The first-order valence-electron chi connectivity index (χ1n) is 7.97. The highest BCUT2D eigenvalue weighted by atomic mass is 79.9. The Balaban J connectivity index is 1.73. The number of piperidine rings is 1. The third-order valence-corrected chi connectivity index (χ3v) is 4.86. The van der Waals surface area contributed by atoms with E-state index in [4.69, 9.17) is 0 Å². The molecule has 0 spiro atoms. The lowest BCUT2D eigenvalue weighted by Crippen LogP contribution is -2.39. The van der Waals surface area contributed by atoms with Gasteiger partial charge in [-0.15, -0.1) is 0 Å². The van der Waals surface area contributed by atoms with E-state index in [1.807, 2.05) is 17.0 Å². The topological polar surface area (TPSA) is 55.2 Å². The second-order valence-electron chi connectivity index (χ2n) is 6.24. The molecule has 1 aromatic heterocycles. The molecule has 5 nitrogen and oxygen atoms in total. The van der Waals surface area contributed by atoms with Crippen LogP contribution in [0.15, 0.2) is 33.8 Å². The summed E-state index contributed by atoms with van der Waals surface area (Å²) >= 11 is 3.37. The fraction of sp³-hybridized carbons (Fsp3) is 0.471. The number of carbonyl (C=O) groups is 1. The number of benzene rings is 1. The molecule has 1 amide bonds. The van der Waals surface area contributed by atoms with Crippen molar-refractivity contribution in [2.75, 3.05) is 13.1 Å². The van der Waals surface area contributed by atoms with Crippen LogP contribution in [0.3, 0.4) is 0 Å². The van der Waals surface area contributed by atoms with Crippen LogP contribution in [0.5, 0.6) is 0 Å². The molecule has 2 heterocycles. The van der Waals surface area contributed by atoms with Crippen LogP contribution in [0.2, 0.25) is 0 Å². The Bertz CT molecular complexity index is 787. The number of likely N-dealkylation sites (tertiary alicyclic amines) is 1. The van der Waals surface area contributed by atoms with Crippen molar-refractivity contribution in [3.05, 3.63) is 39.4 Å². The molecule has 0 unspecified atom stereocenters. The van der Waals surface area contributed by atoms with Crippen LogP contribution in [0.1, 0.15) is 26.2 Å². The van der Waals surface area contributed by atoms with Crippen molar-refractivity contribution in [1.82, 2.24) is 14.5 Å². The molecular formula is C17H20BrN3O2. The summed E-state index contributed by atoms with van der Waals surface area (Å²) in [7, 11) is 0. The van der Waals surface area contributed by atoms with Gasteiger partial charge in [0.05, 0.1) is 17.2 Å². The van der Waals surface area contributed by atoms with Crippen LogP contribution in [0.25, 0.3) is 10.9 Å². The number of aromatic nitrogens is 2. The summed E-state index contributed by atoms with van der Waals surface area (Å²) in [6, 6.07) is 5.45. The normalized spacial score (nSPS) is 18.3. The predicted molar refractivity (Wildman–Crippen MR) is 93.3 cm³/mol. The number of hydrogen-bond acceptors (Lipinski definition) is 3. The van der Waals surface area contributed by atoms with Crippen molar-refractivity contribution in [3.63, 3.8) is 0 Å². The molecule has 1 aliphatic heterocycles. The molecule has 23 heavy (non-hydrogen) atoms. The predicted octanol–water partition coefficient (Wildman–Crippen LogP) is 2.81. The minimum atomic E-state index is -0.101. The lowest BCUT2D eigenvalue weighted by molar-refractivity contribution is -0.133. The van der Waals surface area contributed by atoms with Crippen molar-refractivity contribution < 1.29 is 4.79 Å². The van der Waals surface area contributed by atoms with Crippen LogP contribution in [0.4, 0.5) is 0 Å². The van der Waals surface area contributed by atoms with Gasteiger partial charge in [0.2, 0.25) is 5.91 Å². The molecule has 0 N–H and O–H groups in total. The Morgan fingerprint density at radius 3 is 3.04 bits per heavy atom. The largest absolute Gasteiger partial charge is 0.342 e. The summed E-state index contributed by atoms with van der Waals surface area (Å²) in [5.74, 6) is 0.688. The minimum absolute atomic E-state index is 0.101. The van der Waals surface area contributed by atoms with Gasteiger partial charge in [0.25, 0.3) is 5.56 Å². The van der Waals surface area contributed by atoms with Crippen LogP contribution in [0, 0.1) is 5.92 Å². The summed E-state index contributed by atoms with van der Waals surface area (Å²) in [4.78, 5) is 31.1. The number of fused-ring (bicyclic) bond motifs is 1. The van der Waals surface area contributed by atoms with Gasteiger partial charge < -0.3 is 4.90 Å². The molecule has 2 aromatic rings. The van der Waals surface area contributed by atoms with Gasteiger partial charge >= 0.3 is 0 Å². The maximum Gasteiger partial charge on any atom is 0.261 e. The molecule has 0 bridgehead atoms. The Hall–Kier alpha value is -1.69. The monoisotopic (exact) mass is 377 g/mol. The smallest absolute Gasteiger partial charge is 0.261 e. The first-order chi connectivity index (χ1) is 11.0. The van der Waals surface area contributed by atoms with Gasteiger partial charge in [-0.3, -0.25) is 14.2 Å².